The molecule has 172 valence electrons. The molecule has 0 unspecified atom stereocenters. The van der Waals surface area contributed by atoms with Gasteiger partial charge in [0.05, 0.1) is 17.6 Å². The van der Waals surface area contributed by atoms with Crippen LogP contribution in [-0.2, 0) is 34.4 Å². The number of rotatable bonds is 11. The van der Waals surface area contributed by atoms with Crippen LogP contribution in [0.1, 0.15) is 17.5 Å². The van der Waals surface area contributed by atoms with Gasteiger partial charge >= 0.3 is 5.97 Å². The lowest BCUT2D eigenvalue weighted by Crippen LogP contribution is -2.37. The summed E-state index contributed by atoms with van der Waals surface area (Å²) in [5, 5.41) is 12.5. The standard InChI is InChI=1S/C23H30N4O5/c1-15-11-17(14-26(2)22(15)28)21-25-19-12-16(5-6-20(19)27(21)8-10-32-4)13-24-18(23(29)30)7-9-31-3/h5-6,11-12,14,18,24H,7-10,13H2,1-4H3,(H,29,30)/t18-/m0/s1. The van der Waals surface area contributed by atoms with Gasteiger partial charge in [-0.15, -0.1) is 0 Å². The van der Waals surface area contributed by atoms with Crippen LogP contribution >= 0.6 is 0 Å². The van der Waals surface area contributed by atoms with Crippen LogP contribution in [0.25, 0.3) is 22.4 Å². The topological polar surface area (TPSA) is 108 Å². The largest absolute Gasteiger partial charge is 0.480 e. The van der Waals surface area contributed by atoms with E-state index >= 15 is 0 Å². The molecule has 9 nitrogen and oxygen atoms in total. The van der Waals surface area contributed by atoms with Crippen LogP contribution in [0.2, 0.25) is 0 Å². The van der Waals surface area contributed by atoms with E-state index in [1.165, 1.54) is 0 Å². The van der Waals surface area contributed by atoms with E-state index in [-0.39, 0.29) is 5.56 Å². The minimum atomic E-state index is -0.903. The first-order valence-electron chi connectivity index (χ1n) is 10.5. The molecule has 3 rings (SSSR count). The molecule has 32 heavy (non-hydrogen) atoms. The van der Waals surface area contributed by atoms with E-state index in [1.807, 2.05) is 24.3 Å². The van der Waals surface area contributed by atoms with E-state index in [1.54, 1.807) is 39.0 Å². The lowest BCUT2D eigenvalue weighted by atomic mass is 10.1. The molecule has 3 aromatic rings. The summed E-state index contributed by atoms with van der Waals surface area (Å²) in [4.78, 5) is 28.4. The molecule has 1 atom stereocenters. The van der Waals surface area contributed by atoms with E-state index in [2.05, 4.69) is 9.88 Å². The van der Waals surface area contributed by atoms with Gasteiger partial charge in [-0.1, -0.05) is 6.07 Å². The second kappa shape index (κ2) is 10.5. The van der Waals surface area contributed by atoms with Gasteiger partial charge in [-0.2, -0.15) is 0 Å². The number of pyridine rings is 1. The Morgan fingerprint density at radius 1 is 1.22 bits per heavy atom. The SMILES string of the molecule is COCC[C@H](NCc1ccc2c(c1)nc(-c1cc(C)c(=O)n(C)c1)n2CCOC)C(=O)O. The number of fused-ring (bicyclic) bond motifs is 1. The lowest BCUT2D eigenvalue weighted by Gasteiger charge is -2.14. The van der Waals surface area contributed by atoms with Crippen LogP contribution in [-0.4, -0.2) is 58.7 Å². The quantitative estimate of drug-likeness (QED) is 0.467. The number of hydrogen-bond donors (Lipinski definition) is 2. The van der Waals surface area contributed by atoms with Crippen molar-refractivity contribution in [3.8, 4) is 11.4 Å². The first-order chi connectivity index (χ1) is 15.3. The Morgan fingerprint density at radius 2 is 1.97 bits per heavy atom. The van der Waals surface area contributed by atoms with Gasteiger partial charge in [0.2, 0.25) is 0 Å². The van der Waals surface area contributed by atoms with E-state index < -0.39 is 12.0 Å². The summed E-state index contributed by atoms with van der Waals surface area (Å²) in [5.74, 6) is -0.149. The zero-order chi connectivity index (χ0) is 23.3. The van der Waals surface area contributed by atoms with Gasteiger partial charge in [-0.25, -0.2) is 4.98 Å². The zero-order valence-electron chi connectivity index (χ0n) is 18.9. The van der Waals surface area contributed by atoms with Crippen LogP contribution in [0.5, 0.6) is 0 Å². The number of carboxylic acid groups (broad SMARTS) is 1. The van der Waals surface area contributed by atoms with Crippen molar-refractivity contribution in [2.24, 2.45) is 7.05 Å². The number of ether oxygens (including phenoxy) is 2. The molecule has 0 saturated carbocycles. The number of nitrogens with zero attached hydrogens (tertiary/aromatic N) is 3. The minimum absolute atomic E-state index is 0.0388. The number of nitrogens with one attached hydrogen (secondary N) is 1. The number of imidazole rings is 1. The van der Waals surface area contributed by atoms with Crippen molar-refractivity contribution in [3.05, 3.63) is 51.9 Å². The van der Waals surface area contributed by atoms with Gasteiger partial charge in [0.15, 0.2) is 0 Å². The summed E-state index contributed by atoms with van der Waals surface area (Å²) in [6.45, 7) is 3.69. The smallest absolute Gasteiger partial charge is 0.320 e. The average Bonchev–Trinajstić information content (AvgIpc) is 3.13. The highest BCUT2D eigenvalue weighted by Crippen LogP contribution is 2.26. The van der Waals surface area contributed by atoms with Gasteiger partial charge < -0.3 is 29.0 Å². The molecule has 0 bridgehead atoms. The lowest BCUT2D eigenvalue weighted by molar-refractivity contribution is -0.140. The minimum Gasteiger partial charge on any atom is -0.480 e. The Labute approximate surface area is 186 Å². The van der Waals surface area contributed by atoms with Crippen LogP contribution in [0, 0.1) is 6.92 Å². The molecular formula is C23H30N4O5. The molecule has 0 fully saturated rings. The predicted molar refractivity (Wildman–Crippen MR) is 122 cm³/mol. The zero-order valence-corrected chi connectivity index (χ0v) is 18.9. The predicted octanol–water partition coefficient (Wildman–Crippen LogP) is 1.94. The number of hydrogen-bond acceptors (Lipinski definition) is 6. The number of benzene rings is 1. The fourth-order valence-corrected chi connectivity index (χ4v) is 3.70. The summed E-state index contributed by atoms with van der Waals surface area (Å²) < 4.78 is 13.9. The normalized spacial score (nSPS) is 12.4. The Balaban J connectivity index is 1.95. The highest BCUT2D eigenvalue weighted by molar-refractivity contribution is 5.81. The Hall–Kier alpha value is -3.01. The van der Waals surface area contributed by atoms with Crippen molar-refractivity contribution < 1.29 is 19.4 Å². The third kappa shape index (κ3) is 5.24. The highest BCUT2D eigenvalue weighted by atomic mass is 16.5. The molecule has 1 aromatic carbocycles. The van der Waals surface area contributed by atoms with Gasteiger partial charge in [-0.3, -0.25) is 9.59 Å². The molecule has 0 saturated heterocycles. The fourth-order valence-electron chi connectivity index (χ4n) is 3.70. The van der Waals surface area contributed by atoms with Gasteiger partial charge in [0.1, 0.15) is 11.9 Å². The van der Waals surface area contributed by atoms with Gasteiger partial charge in [0, 0.05) is 58.3 Å². The Kier molecular flexibility index (Phi) is 7.79. The van der Waals surface area contributed by atoms with Crippen LogP contribution in [0.15, 0.2) is 35.3 Å². The van der Waals surface area contributed by atoms with Crippen LogP contribution < -0.4 is 10.9 Å². The van der Waals surface area contributed by atoms with E-state index in [0.717, 1.165) is 28.0 Å². The molecule has 0 aliphatic heterocycles. The summed E-state index contributed by atoms with van der Waals surface area (Å²) in [5.41, 5.74) is 4.13. The summed E-state index contributed by atoms with van der Waals surface area (Å²) in [6.07, 6.45) is 2.17. The number of methoxy groups -OCH3 is 2. The average molecular weight is 443 g/mol. The summed E-state index contributed by atoms with van der Waals surface area (Å²) in [7, 11) is 4.94. The van der Waals surface area contributed by atoms with Crippen molar-refractivity contribution in [3.63, 3.8) is 0 Å². The second-order valence-corrected chi connectivity index (χ2v) is 7.78. The number of carbonyl (C=O) groups is 1. The van der Waals surface area contributed by atoms with Crippen molar-refractivity contribution in [1.82, 2.24) is 19.4 Å². The number of aryl methyl sites for hydroxylation is 2. The molecular weight excluding hydrogens is 412 g/mol. The monoisotopic (exact) mass is 442 g/mol. The maximum Gasteiger partial charge on any atom is 0.320 e. The first kappa shape index (κ1) is 23.6. The number of aliphatic carboxylic acids is 1. The first-order valence-corrected chi connectivity index (χ1v) is 10.5. The third-order valence-electron chi connectivity index (χ3n) is 5.41. The van der Waals surface area contributed by atoms with Crippen molar-refractivity contribution in [2.75, 3.05) is 27.4 Å². The number of carboxylic acids is 1. The molecule has 0 aliphatic carbocycles. The maximum absolute atomic E-state index is 12.1. The van der Waals surface area contributed by atoms with Gasteiger partial charge in [0.25, 0.3) is 5.56 Å². The van der Waals surface area contributed by atoms with Crippen molar-refractivity contribution in [2.45, 2.75) is 32.5 Å². The molecule has 2 aromatic heterocycles. The summed E-state index contributed by atoms with van der Waals surface area (Å²) in [6, 6.07) is 7.07. The molecule has 0 amide bonds. The molecule has 0 aliphatic rings. The molecule has 2 N–H and O–H groups in total. The third-order valence-corrected chi connectivity index (χ3v) is 5.41. The Morgan fingerprint density at radius 3 is 2.62 bits per heavy atom. The van der Waals surface area contributed by atoms with Gasteiger partial charge in [-0.05, 0) is 37.1 Å². The van der Waals surface area contributed by atoms with Crippen LogP contribution in [0.4, 0.5) is 0 Å². The summed E-state index contributed by atoms with van der Waals surface area (Å²) >= 11 is 0. The molecule has 9 heteroatoms. The Bertz CT molecular complexity index is 1120. The molecule has 2 heterocycles. The fraction of sp³-hybridized carbons (Fsp3) is 0.435. The van der Waals surface area contributed by atoms with Crippen molar-refractivity contribution >= 4 is 17.0 Å². The highest BCUT2D eigenvalue weighted by Gasteiger charge is 2.18. The molecule has 0 radical (unpaired) electrons. The van der Waals surface area contributed by atoms with Crippen molar-refractivity contribution in [1.29, 1.82) is 0 Å². The van der Waals surface area contributed by atoms with E-state index in [0.29, 0.717) is 38.3 Å². The maximum atomic E-state index is 12.1. The van der Waals surface area contributed by atoms with Crippen LogP contribution in [0.3, 0.4) is 0 Å². The van der Waals surface area contributed by atoms with E-state index in [4.69, 9.17) is 14.5 Å². The second-order valence-electron chi connectivity index (χ2n) is 7.78. The number of aromatic nitrogens is 3. The molecule has 0 spiro atoms. The van der Waals surface area contributed by atoms with E-state index in [9.17, 15) is 14.7 Å².